The van der Waals surface area contributed by atoms with Gasteiger partial charge < -0.3 is 21.5 Å². The zero-order valence-corrected chi connectivity index (χ0v) is 12.0. The average molecular weight is 311 g/mol. The second-order valence-corrected chi connectivity index (χ2v) is 4.69. The molecule has 0 bridgehead atoms. The van der Waals surface area contributed by atoms with Crippen molar-refractivity contribution in [2.45, 2.75) is 24.9 Å². The maximum Gasteiger partial charge on any atom is 0.328 e. The molecule has 1 aromatic rings. The number of hydrogen-bond donors (Lipinski definition) is 3. The van der Waals surface area contributed by atoms with Gasteiger partial charge in [0.2, 0.25) is 11.8 Å². The van der Waals surface area contributed by atoms with E-state index in [0.29, 0.717) is 5.56 Å². The maximum absolute atomic E-state index is 12.9. The standard InChI is InChI=1S/C14H18FN3O4/c1-22-14(21)11(6-8-2-4-9(15)5-3-8)18-13(20)10(16)7-12(17)19/h2-5,10-11H,6-7,16H2,1H3,(H2,17,19)(H,18,20)/t10-,11?/m0/s1. The summed E-state index contributed by atoms with van der Waals surface area (Å²) in [5, 5.41) is 2.40. The Morgan fingerprint density at radius 2 is 1.86 bits per heavy atom. The molecule has 0 aliphatic heterocycles. The fraction of sp³-hybridized carbons (Fsp3) is 0.357. The number of nitrogens with one attached hydrogen (secondary N) is 1. The molecule has 2 amide bonds. The van der Waals surface area contributed by atoms with Crippen LogP contribution in [0.4, 0.5) is 4.39 Å². The Balaban J connectivity index is 2.76. The SMILES string of the molecule is COC(=O)C(Cc1ccc(F)cc1)NC(=O)[C@@H](N)CC(N)=O. The van der Waals surface area contributed by atoms with E-state index in [1.165, 1.54) is 31.4 Å². The molecular formula is C14H18FN3O4. The van der Waals surface area contributed by atoms with Crippen LogP contribution in [-0.4, -0.2) is 37.0 Å². The van der Waals surface area contributed by atoms with Gasteiger partial charge in [0.1, 0.15) is 11.9 Å². The molecular weight excluding hydrogens is 293 g/mol. The lowest BCUT2D eigenvalue weighted by Gasteiger charge is -2.18. The number of carbonyl (C=O) groups is 3. The van der Waals surface area contributed by atoms with E-state index in [4.69, 9.17) is 11.5 Å². The van der Waals surface area contributed by atoms with Gasteiger partial charge in [-0.1, -0.05) is 12.1 Å². The fourth-order valence-electron chi connectivity index (χ4n) is 1.78. The van der Waals surface area contributed by atoms with Crippen molar-refractivity contribution < 1.29 is 23.5 Å². The monoisotopic (exact) mass is 311 g/mol. The topological polar surface area (TPSA) is 125 Å². The van der Waals surface area contributed by atoms with Gasteiger partial charge in [-0.25, -0.2) is 9.18 Å². The van der Waals surface area contributed by atoms with E-state index in [0.717, 1.165) is 0 Å². The minimum atomic E-state index is -1.15. The van der Waals surface area contributed by atoms with E-state index in [2.05, 4.69) is 10.1 Å². The van der Waals surface area contributed by atoms with Crippen LogP contribution in [0.3, 0.4) is 0 Å². The summed E-state index contributed by atoms with van der Waals surface area (Å²) >= 11 is 0. The molecule has 0 saturated heterocycles. The summed E-state index contributed by atoms with van der Waals surface area (Å²) in [4.78, 5) is 34.3. The van der Waals surface area contributed by atoms with Crippen molar-refractivity contribution >= 4 is 17.8 Å². The number of benzene rings is 1. The van der Waals surface area contributed by atoms with Gasteiger partial charge in [-0.2, -0.15) is 0 Å². The van der Waals surface area contributed by atoms with E-state index >= 15 is 0 Å². The van der Waals surface area contributed by atoms with E-state index in [1.807, 2.05) is 0 Å². The van der Waals surface area contributed by atoms with Crippen LogP contribution in [0.15, 0.2) is 24.3 Å². The lowest BCUT2D eigenvalue weighted by atomic mass is 10.0. The number of halogens is 1. The molecule has 120 valence electrons. The highest BCUT2D eigenvalue weighted by atomic mass is 19.1. The smallest absolute Gasteiger partial charge is 0.328 e. The first-order valence-electron chi connectivity index (χ1n) is 6.50. The maximum atomic E-state index is 12.9. The van der Waals surface area contributed by atoms with Crippen LogP contribution in [0, 0.1) is 5.82 Å². The van der Waals surface area contributed by atoms with Gasteiger partial charge in [0.15, 0.2) is 0 Å². The van der Waals surface area contributed by atoms with E-state index < -0.39 is 35.7 Å². The second-order valence-electron chi connectivity index (χ2n) is 4.69. The fourth-order valence-corrected chi connectivity index (χ4v) is 1.78. The van der Waals surface area contributed by atoms with Gasteiger partial charge in [0.25, 0.3) is 0 Å². The number of primary amides is 1. The summed E-state index contributed by atoms with van der Waals surface area (Å²) < 4.78 is 17.5. The first kappa shape index (κ1) is 17.6. The predicted molar refractivity (Wildman–Crippen MR) is 75.8 cm³/mol. The minimum Gasteiger partial charge on any atom is -0.467 e. The summed E-state index contributed by atoms with van der Waals surface area (Å²) in [6.45, 7) is 0. The molecule has 1 rings (SSSR count). The number of hydrogen-bond acceptors (Lipinski definition) is 5. The molecule has 0 aromatic heterocycles. The van der Waals surface area contributed by atoms with Crippen molar-refractivity contribution in [3.63, 3.8) is 0 Å². The number of esters is 1. The van der Waals surface area contributed by atoms with Gasteiger partial charge in [-0.05, 0) is 17.7 Å². The van der Waals surface area contributed by atoms with Gasteiger partial charge >= 0.3 is 5.97 Å². The first-order valence-corrected chi connectivity index (χ1v) is 6.50. The lowest BCUT2D eigenvalue weighted by Crippen LogP contribution is -2.50. The van der Waals surface area contributed by atoms with Crippen molar-refractivity contribution in [3.05, 3.63) is 35.6 Å². The summed E-state index contributed by atoms with van der Waals surface area (Å²) in [6, 6.07) is 3.30. The van der Waals surface area contributed by atoms with E-state index in [1.54, 1.807) is 0 Å². The first-order chi connectivity index (χ1) is 10.3. The highest BCUT2D eigenvalue weighted by Gasteiger charge is 2.25. The predicted octanol–water partition coefficient (Wildman–Crippen LogP) is -0.771. The molecule has 0 radical (unpaired) electrons. The molecule has 0 heterocycles. The summed E-state index contributed by atoms with van der Waals surface area (Å²) in [6.07, 6.45) is -0.238. The number of carbonyl (C=O) groups excluding carboxylic acids is 3. The van der Waals surface area contributed by atoms with Crippen molar-refractivity contribution in [1.82, 2.24) is 5.32 Å². The van der Waals surface area contributed by atoms with Crippen molar-refractivity contribution in [2.75, 3.05) is 7.11 Å². The highest BCUT2D eigenvalue weighted by Crippen LogP contribution is 2.07. The number of amides is 2. The van der Waals surface area contributed by atoms with E-state index in [9.17, 15) is 18.8 Å². The van der Waals surface area contributed by atoms with Crippen LogP contribution in [0.1, 0.15) is 12.0 Å². The van der Waals surface area contributed by atoms with Gasteiger partial charge in [-0.15, -0.1) is 0 Å². The number of nitrogens with two attached hydrogens (primary N) is 2. The quantitative estimate of drug-likeness (QED) is 0.570. The molecule has 1 unspecified atom stereocenters. The largest absolute Gasteiger partial charge is 0.467 e. The molecule has 0 saturated carbocycles. The molecule has 0 aliphatic carbocycles. The molecule has 0 fully saturated rings. The summed E-state index contributed by atoms with van der Waals surface area (Å²) in [7, 11) is 1.18. The molecule has 0 spiro atoms. The zero-order chi connectivity index (χ0) is 16.7. The van der Waals surface area contributed by atoms with Crippen molar-refractivity contribution in [1.29, 1.82) is 0 Å². The molecule has 1 aromatic carbocycles. The number of methoxy groups -OCH3 is 1. The Kier molecular flexibility index (Phi) is 6.46. The Hall–Kier alpha value is -2.48. The average Bonchev–Trinajstić information content (AvgIpc) is 2.47. The van der Waals surface area contributed by atoms with Crippen LogP contribution in [-0.2, 0) is 25.5 Å². The molecule has 2 atom stereocenters. The van der Waals surface area contributed by atoms with Crippen LogP contribution in [0.2, 0.25) is 0 Å². The molecule has 22 heavy (non-hydrogen) atoms. The van der Waals surface area contributed by atoms with Crippen molar-refractivity contribution in [3.8, 4) is 0 Å². The Bertz CT molecular complexity index is 548. The molecule has 8 heteroatoms. The summed E-state index contributed by atoms with van der Waals surface area (Å²) in [5.74, 6) is -2.51. The lowest BCUT2D eigenvalue weighted by molar-refractivity contribution is -0.145. The Morgan fingerprint density at radius 3 is 2.36 bits per heavy atom. The third-order valence-corrected chi connectivity index (χ3v) is 2.91. The van der Waals surface area contributed by atoms with E-state index in [-0.39, 0.29) is 12.8 Å². The normalized spacial score (nSPS) is 13.0. The highest BCUT2D eigenvalue weighted by molar-refractivity contribution is 5.90. The van der Waals surface area contributed by atoms with Crippen molar-refractivity contribution in [2.24, 2.45) is 11.5 Å². The Labute approximate surface area is 126 Å². The van der Waals surface area contributed by atoms with Gasteiger partial charge in [0, 0.05) is 6.42 Å². The van der Waals surface area contributed by atoms with Crippen LogP contribution in [0.25, 0.3) is 0 Å². The Morgan fingerprint density at radius 1 is 1.27 bits per heavy atom. The van der Waals surface area contributed by atoms with Crippen LogP contribution in [0.5, 0.6) is 0 Å². The van der Waals surface area contributed by atoms with Crippen LogP contribution < -0.4 is 16.8 Å². The van der Waals surface area contributed by atoms with Gasteiger partial charge in [-0.3, -0.25) is 9.59 Å². The minimum absolute atomic E-state index is 0.0992. The second kappa shape index (κ2) is 8.08. The molecule has 0 aliphatic rings. The van der Waals surface area contributed by atoms with Crippen LogP contribution >= 0.6 is 0 Å². The van der Waals surface area contributed by atoms with Gasteiger partial charge in [0.05, 0.1) is 19.6 Å². The summed E-state index contributed by atoms with van der Waals surface area (Å²) in [5.41, 5.74) is 11.1. The third-order valence-electron chi connectivity index (χ3n) is 2.91. The number of rotatable bonds is 7. The molecule has 7 nitrogen and oxygen atoms in total. The third kappa shape index (κ3) is 5.49. The molecule has 5 N–H and O–H groups in total. The zero-order valence-electron chi connectivity index (χ0n) is 12.0. The number of ether oxygens (including phenoxy) is 1.